The van der Waals surface area contributed by atoms with Crippen LogP contribution in [0.4, 0.5) is 18.9 Å². The Morgan fingerprint density at radius 1 is 1.27 bits per heavy atom. The van der Waals surface area contributed by atoms with Gasteiger partial charge in [-0.2, -0.15) is 18.3 Å². The van der Waals surface area contributed by atoms with E-state index in [1.165, 1.54) is 17.9 Å². The molecule has 8 nitrogen and oxygen atoms in total. The van der Waals surface area contributed by atoms with E-state index in [0.29, 0.717) is 16.8 Å². The Kier molecular flexibility index (Phi) is 5.96. The van der Waals surface area contributed by atoms with Crippen LogP contribution in [0.5, 0.6) is 5.75 Å². The lowest BCUT2D eigenvalue weighted by Crippen LogP contribution is -2.32. The van der Waals surface area contributed by atoms with E-state index in [2.05, 4.69) is 15.4 Å². The molecular formula is C22H22F3N5O3. The van der Waals surface area contributed by atoms with E-state index in [1.54, 1.807) is 30.3 Å². The van der Waals surface area contributed by atoms with Crippen LogP contribution in [-0.4, -0.2) is 52.2 Å². The van der Waals surface area contributed by atoms with Crippen LogP contribution in [0.15, 0.2) is 36.5 Å². The fourth-order valence-corrected chi connectivity index (χ4v) is 3.41. The molecule has 174 valence electrons. The molecule has 0 unspecified atom stereocenters. The first-order valence-corrected chi connectivity index (χ1v) is 10.3. The first kappa shape index (κ1) is 22.6. The van der Waals surface area contributed by atoms with E-state index in [1.807, 2.05) is 0 Å². The molecule has 0 radical (unpaired) electrons. The molecule has 1 aliphatic rings. The van der Waals surface area contributed by atoms with E-state index in [4.69, 9.17) is 4.74 Å². The van der Waals surface area contributed by atoms with Crippen molar-refractivity contribution in [3.63, 3.8) is 0 Å². The molecule has 1 saturated carbocycles. The molecule has 1 aromatic carbocycles. The van der Waals surface area contributed by atoms with Gasteiger partial charge in [0.15, 0.2) is 0 Å². The maximum Gasteiger partial charge on any atom is 0.433 e. The highest BCUT2D eigenvalue weighted by Gasteiger charge is 2.33. The SMILES string of the molecule is COc1cc2nn(CC(=O)N(C)CC3CC3)cc2cc1NC(=O)c1cccc(C(F)(F)F)n1. The summed E-state index contributed by atoms with van der Waals surface area (Å²) in [7, 11) is 3.16. The van der Waals surface area contributed by atoms with Crippen molar-refractivity contribution in [2.45, 2.75) is 25.6 Å². The minimum absolute atomic E-state index is 0.0641. The van der Waals surface area contributed by atoms with E-state index in [-0.39, 0.29) is 29.6 Å². The minimum atomic E-state index is -4.66. The lowest BCUT2D eigenvalue weighted by molar-refractivity contribution is -0.141. The standard InChI is InChI=1S/C22H22F3N5O3/c1-29(10-13-6-7-13)20(31)12-30-11-14-8-17(18(33-2)9-16(14)28-30)27-21(32)15-4-3-5-19(26-15)22(23,24)25/h3-5,8-9,11,13H,6-7,10,12H2,1-2H3,(H,27,32). The Hall–Kier alpha value is -3.63. The zero-order chi connectivity index (χ0) is 23.8. The van der Waals surface area contributed by atoms with Crippen LogP contribution in [0.25, 0.3) is 10.9 Å². The number of carbonyl (C=O) groups excluding carboxylic acids is 2. The number of methoxy groups -OCH3 is 1. The lowest BCUT2D eigenvalue weighted by Gasteiger charge is -2.16. The molecule has 3 aromatic rings. The van der Waals surface area contributed by atoms with E-state index >= 15 is 0 Å². The number of nitrogens with one attached hydrogen (secondary N) is 1. The van der Waals surface area contributed by atoms with Crippen molar-refractivity contribution in [1.29, 1.82) is 0 Å². The van der Waals surface area contributed by atoms with Crippen molar-refractivity contribution in [1.82, 2.24) is 19.7 Å². The molecule has 1 aliphatic carbocycles. The van der Waals surface area contributed by atoms with Crippen molar-refractivity contribution in [2.24, 2.45) is 5.92 Å². The van der Waals surface area contributed by atoms with Crippen molar-refractivity contribution < 1.29 is 27.5 Å². The van der Waals surface area contributed by atoms with Crippen molar-refractivity contribution in [3.8, 4) is 5.75 Å². The van der Waals surface area contributed by atoms with Gasteiger partial charge in [-0.25, -0.2) is 4.98 Å². The number of amides is 2. The number of hydrogen-bond donors (Lipinski definition) is 1. The Morgan fingerprint density at radius 3 is 2.70 bits per heavy atom. The third-order valence-electron chi connectivity index (χ3n) is 5.35. The van der Waals surface area contributed by atoms with Crippen molar-refractivity contribution in [3.05, 3.63) is 47.9 Å². The second kappa shape index (κ2) is 8.72. The molecule has 0 aliphatic heterocycles. The van der Waals surface area contributed by atoms with Crippen LogP contribution in [0.2, 0.25) is 0 Å². The molecule has 0 atom stereocenters. The summed E-state index contributed by atoms with van der Waals surface area (Å²) in [6, 6.07) is 6.27. The molecule has 2 amide bonds. The fraction of sp³-hybridized carbons (Fsp3) is 0.364. The van der Waals surface area contributed by atoms with Crippen LogP contribution in [0.1, 0.15) is 29.0 Å². The molecule has 1 fully saturated rings. The van der Waals surface area contributed by atoms with Crippen LogP contribution in [0, 0.1) is 5.92 Å². The van der Waals surface area contributed by atoms with Gasteiger partial charge in [-0.3, -0.25) is 14.3 Å². The number of benzene rings is 1. The van der Waals surface area contributed by atoms with Crippen LogP contribution in [-0.2, 0) is 17.5 Å². The van der Waals surface area contributed by atoms with Gasteiger partial charge in [0.1, 0.15) is 23.7 Å². The minimum Gasteiger partial charge on any atom is -0.494 e. The smallest absolute Gasteiger partial charge is 0.433 e. The van der Waals surface area contributed by atoms with Crippen LogP contribution < -0.4 is 10.1 Å². The first-order chi connectivity index (χ1) is 15.6. The van der Waals surface area contributed by atoms with Crippen molar-refractivity contribution in [2.75, 3.05) is 26.0 Å². The van der Waals surface area contributed by atoms with Gasteiger partial charge >= 0.3 is 6.18 Å². The number of halogens is 3. The maximum absolute atomic E-state index is 12.9. The second-order valence-electron chi connectivity index (χ2n) is 8.02. The molecule has 1 N–H and O–H groups in total. The van der Waals surface area contributed by atoms with E-state index < -0.39 is 17.8 Å². The highest BCUT2D eigenvalue weighted by Crippen LogP contribution is 2.31. The third-order valence-corrected chi connectivity index (χ3v) is 5.35. The van der Waals surface area contributed by atoms with E-state index in [0.717, 1.165) is 31.5 Å². The Labute approximate surface area is 187 Å². The predicted octanol–water partition coefficient (Wildman–Crippen LogP) is 3.58. The number of alkyl halides is 3. The zero-order valence-electron chi connectivity index (χ0n) is 18.0. The van der Waals surface area contributed by atoms with Gasteiger partial charge in [0.2, 0.25) is 5.91 Å². The molecule has 0 spiro atoms. The summed E-state index contributed by atoms with van der Waals surface area (Å²) in [5.41, 5.74) is -0.757. The number of rotatable bonds is 7. The van der Waals surface area contributed by atoms with Crippen molar-refractivity contribution >= 4 is 28.4 Å². The maximum atomic E-state index is 12.9. The predicted molar refractivity (Wildman–Crippen MR) is 114 cm³/mol. The quantitative estimate of drug-likeness (QED) is 0.581. The number of anilines is 1. The lowest BCUT2D eigenvalue weighted by atomic mass is 10.2. The number of hydrogen-bond acceptors (Lipinski definition) is 5. The third kappa shape index (κ3) is 5.24. The van der Waals surface area contributed by atoms with Gasteiger partial charge in [0.25, 0.3) is 5.91 Å². The second-order valence-corrected chi connectivity index (χ2v) is 8.02. The Balaban J connectivity index is 1.54. The molecule has 2 heterocycles. The topological polar surface area (TPSA) is 89.4 Å². The van der Waals surface area contributed by atoms with Gasteiger partial charge < -0.3 is 15.0 Å². The highest BCUT2D eigenvalue weighted by molar-refractivity contribution is 6.05. The van der Waals surface area contributed by atoms with Gasteiger partial charge in [-0.15, -0.1) is 0 Å². The summed E-state index contributed by atoms with van der Waals surface area (Å²) in [5.74, 6) is -0.0310. The number of nitrogens with zero attached hydrogens (tertiary/aromatic N) is 4. The average Bonchev–Trinajstić information content (AvgIpc) is 3.50. The van der Waals surface area contributed by atoms with Crippen LogP contribution >= 0.6 is 0 Å². The van der Waals surface area contributed by atoms with Gasteiger partial charge in [-0.05, 0) is 37.0 Å². The summed E-state index contributed by atoms with van der Waals surface area (Å²) in [5, 5.41) is 7.56. The number of ether oxygens (including phenoxy) is 1. The van der Waals surface area contributed by atoms with Gasteiger partial charge in [-0.1, -0.05) is 6.07 Å². The first-order valence-electron chi connectivity index (χ1n) is 10.3. The number of aromatic nitrogens is 3. The number of carbonyl (C=O) groups is 2. The molecular weight excluding hydrogens is 439 g/mol. The van der Waals surface area contributed by atoms with Gasteiger partial charge in [0, 0.05) is 31.2 Å². The fourth-order valence-electron chi connectivity index (χ4n) is 3.41. The highest BCUT2D eigenvalue weighted by atomic mass is 19.4. The summed E-state index contributed by atoms with van der Waals surface area (Å²) in [6.45, 7) is 0.795. The molecule has 2 aromatic heterocycles. The normalized spacial score (nSPS) is 13.7. The zero-order valence-corrected chi connectivity index (χ0v) is 18.0. The summed E-state index contributed by atoms with van der Waals surface area (Å²) >= 11 is 0. The number of fused-ring (bicyclic) bond motifs is 1. The van der Waals surface area contributed by atoms with Gasteiger partial charge in [0.05, 0.1) is 18.3 Å². The summed E-state index contributed by atoms with van der Waals surface area (Å²) in [4.78, 5) is 30.1. The summed E-state index contributed by atoms with van der Waals surface area (Å²) < 4.78 is 45.5. The van der Waals surface area contributed by atoms with Crippen LogP contribution in [0.3, 0.4) is 0 Å². The molecule has 0 saturated heterocycles. The average molecular weight is 461 g/mol. The molecule has 11 heteroatoms. The molecule has 0 bridgehead atoms. The summed E-state index contributed by atoms with van der Waals surface area (Å²) in [6.07, 6.45) is -0.706. The molecule has 33 heavy (non-hydrogen) atoms. The number of likely N-dealkylation sites (N-methyl/N-ethyl adjacent to an activating group) is 1. The monoisotopic (exact) mass is 461 g/mol. The Morgan fingerprint density at radius 2 is 2.03 bits per heavy atom. The van der Waals surface area contributed by atoms with E-state index in [9.17, 15) is 22.8 Å². The molecule has 4 rings (SSSR count). The largest absolute Gasteiger partial charge is 0.494 e. The Bertz CT molecular complexity index is 1200. The number of pyridine rings is 1.